The summed E-state index contributed by atoms with van der Waals surface area (Å²) >= 11 is 0. The van der Waals surface area contributed by atoms with Crippen LogP contribution >= 0.6 is 0 Å². The minimum Gasteiger partial charge on any atom is -0.240 e. The number of nitrogens with one attached hydrogen (secondary N) is 1. The van der Waals surface area contributed by atoms with E-state index in [0.29, 0.717) is 6.04 Å². The predicted octanol–water partition coefficient (Wildman–Crippen LogP) is -0.328. The summed E-state index contributed by atoms with van der Waals surface area (Å²) in [6.45, 7) is 3.25. The summed E-state index contributed by atoms with van der Waals surface area (Å²) in [4.78, 5) is 0. The molecule has 8 heavy (non-hydrogen) atoms. The molecule has 0 bridgehead atoms. The van der Waals surface area contributed by atoms with E-state index in [2.05, 4.69) is 24.4 Å². The van der Waals surface area contributed by atoms with Crippen LogP contribution < -0.4 is 5.43 Å². The number of nitrogens with zero attached hydrogens (tertiary/aromatic N) is 2. The lowest BCUT2D eigenvalue weighted by Gasteiger charge is -2.20. The predicted molar refractivity (Wildman–Crippen MR) is 33.0 cm³/mol. The highest BCUT2D eigenvalue weighted by Gasteiger charge is 2.19. The molecule has 1 unspecified atom stereocenters. The van der Waals surface area contributed by atoms with Crippen molar-refractivity contribution in [1.29, 1.82) is 0 Å². The smallest absolute Gasteiger partial charge is 0.0367 e. The molecule has 1 heterocycles. The Kier molecular flexibility index (Phi) is 1.51. The molecule has 1 saturated heterocycles. The Hall–Kier alpha value is -0.120. The van der Waals surface area contributed by atoms with Gasteiger partial charge < -0.3 is 0 Å². The highest BCUT2D eigenvalue weighted by atomic mass is 15.8. The van der Waals surface area contributed by atoms with Crippen LogP contribution in [0.5, 0.6) is 0 Å². The fourth-order valence-electron chi connectivity index (χ4n) is 0.804. The lowest BCUT2D eigenvalue weighted by Crippen LogP contribution is -2.37. The highest BCUT2D eigenvalue weighted by Crippen LogP contribution is 2.01. The third kappa shape index (κ3) is 0.844. The van der Waals surface area contributed by atoms with E-state index in [4.69, 9.17) is 0 Å². The maximum Gasteiger partial charge on any atom is 0.0367 e. The minimum absolute atomic E-state index is 0.639. The van der Waals surface area contributed by atoms with Gasteiger partial charge in [0.15, 0.2) is 0 Å². The molecule has 1 aliphatic rings. The lowest BCUT2D eigenvalue weighted by molar-refractivity contribution is 0.0237. The molecule has 48 valence electrons. The van der Waals surface area contributed by atoms with Crippen molar-refractivity contribution in [2.45, 2.75) is 13.0 Å². The second kappa shape index (κ2) is 2.01. The van der Waals surface area contributed by atoms with Crippen molar-refractivity contribution in [1.82, 2.24) is 15.6 Å². The molecule has 3 heteroatoms. The summed E-state index contributed by atoms with van der Waals surface area (Å²) in [5.74, 6) is 0. The van der Waals surface area contributed by atoms with Crippen LogP contribution in [0.3, 0.4) is 0 Å². The van der Waals surface area contributed by atoms with E-state index in [1.54, 1.807) is 0 Å². The molecule has 0 amide bonds. The van der Waals surface area contributed by atoms with Crippen molar-refractivity contribution >= 4 is 0 Å². The fourth-order valence-corrected chi connectivity index (χ4v) is 0.804. The summed E-state index contributed by atoms with van der Waals surface area (Å²) < 4.78 is 0. The third-order valence-electron chi connectivity index (χ3n) is 1.73. The van der Waals surface area contributed by atoms with Crippen LogP contribution in [-0.4, -0.2) is 36.8 Å². The second-order valence-electron chi connectivity index (χ2n) is 2.31. The van der Waals surface area contributed by atoms with Gasteiger partial charge in [0.2, 0.25) is 0 Å². The van der Waals surface area contributed by atoms with Crippen molar-refractivity contribution in [2.75, 3.05) is 20.6 Å². The molecule has 0 aromatic heterocycles. The first kappa shape index (κ1) is 6.01. The lowest BCUT2D eigenvalue weighted by atomic mass is 10.4. The van der Waals surface area contributed by atoms with Crippen molar-refractivity contribution in [3.63, 3.8) is 0 Å². The first-order valence-corrected chi connectivity index (χ1v) is 2.92. The van der Waals surface area contributed by atoms with Crippen molar-refractivity contribution in [2.24, 2.45) is 0 Å². The van der Waals surface area contributed by atoms with E-state index in [1.165, 1.54) is 0 Å². The Morgan fingerprint density at radius 2 is 2.12 bits per heavy atom. The number of rotatable bonds is 0. The van der Waals surface area contributed by atoms with Crippen LogP contribution in [-0.2, 0) is 0 Å². The fraction of sp³-hybridized carbons (Fsp3) is 1.00. The highest BCUT2D eigenvalue weighted by molar-refractivity contribution is 4.66. The Morgan fingerprint density at radius 3 is 2.25 bits per heavy atom. The summed E-state index contributed by atoms with van der Waals surface area (Å²) in [7, 11) is 4.09. The normalized spacial score (nSPS) is 34.1. The average molecular weight is 115 g/mol. The largest absolute Gasteiger partial charge is 0.240 e. The van der Waals surface area contributed by atoms with Crippen molar-refractivity contribution in [3.05, 3.63) is 0 Å². The first-order chi connectivity index (χ1) is 3.72. The molecular formula is C5H13N3. The van der Waals surface area contributed by atoms with Gasteiger partial charge in [-0.3, -0.25) is 0 Å². The van der Waals surface area contributed by atoms with Gasteiger partial charge in [0.1, 0.15) is 0 Å². The van der Waals surface area contributed by atoms with E-state index < -0.39 is 0 Å². The molecule has 0 aromatic rings. The van der Waals surface area contributed by atoms with Crippen molar-refractivity contribution < 1.29 is 0 Å². The van der Waals surface area contributed by atoms with Crippen molar-refractivity contribution in [3.8, 4) is 0 Å². The van der Waals surface area contributed by atoms with Gasteiger partial charge in [0.05, 0.1) is 0 Å². The van der Waals surface area contributed by atoms with Crippen LogP contribution in [0.15, 0.2) is 0 Å². The summed E-state index contributed by atoms with van der Waals surface area (Å²) in [6, 6.07) is 0.639. The number of hydrogen-bond acceptors (Lipinski definition) is 3. The molecule has 1 aliphatic heterocycles. The van der Waals surface area contributed by atoms with Gasteiger partial charge in [-0.15, -0.1) is 0 Å². The number of hydrogen-bond donors (Lipinski definition) is 1. The average Bonchev–Trinajstić information content (AvgIpc) is 1.98. The van der Waals surface area contributed by atoms with E-state index in [9.17, 15) is 0 Å². The Balaban J connectivity index is 2.44. The SMILES string of the molecule is CC1CNN(C)N1C. The van der Waals surface area contributed by atoms with Gasteiger partial charge in [-0.25, -0.2) is 10.4 Å². The van der Waals surface area contributed by atoms with Gasteiger partial charge in [-0.1, -0.05) is 0 Å². The topological polar surface area (TPSA) is 18.5 Å². The third-order valence-corrected chi connectivity index (χ3v) is 1.73. The summed E-state index contributed by atoms with van der Waals surface area (Å²) in [6.07, 6.45) is 0. The van der Waals surface area contributed by atoms with Gasteiger partial charge in [0.25, 0.3) is 0 Å². The molecule has 1 rings (SSSR count). The molecule has 0 aromatic carbocycles. The monoisotopic (exact) mass is 115 g/mol. The quantitative estimate of drug-likeness (QED) is 0.466. The van der Waals surface area contributed by atoms with Crippen LogP contribution in [0, 0.1) is 0 Å². The molecule has 1 N–H and O–H groups in total. The van der Waals surface area contributed by atoms with Crippen LogP contribution in [0.1, 0.15) is 6.92 Å². The summed E-state index contributed by atoms with van der Waals surface area (Å²) in [5, 5.41) is 4.17. The zero-order valence-corrected chi connectivity index (χ0v) is 5.68. The summed E-state index contributed by atoms with van der Waals surface area (Å²) in [5.41, 5.74) is 3.18. The minimum atomic E-state index is 0.639. The van der Waals surface area contributed by atoms with E-state index in [1.807, 2.05) is 12.2 Å². The van der Waals surface area contributed by atoms with E-state index in [-0.39, 0.29) is 0 Å². The van der Waals surface area contributed by atoms with Gasteiger partial charge in [-0.2, -0.15) is 5.12 Å². The van der Waals surface area contributed by atoms with Gasteiger partial charge in [0, 0.05) is 26.7 Å². The molecule has 1 atom stereocenters. The molecular weight excluding hydrogens is 102 g/mol. The zero-order valence-electron chi connectivity index (χ0n) is 5.68. The molecule has 0 saturated carbocycles. The Morgan fingerprint density at radius 1 is 1.50 bits per heavy atom. The van der Waals surface area contributed by atoms with Crippen LogP contribution in [0.4, 0.5) is 0 Å². The second-order valence-corrected chi connectivity index (χ2v) is 2.31. The van der Waals surface area contributed by atoms with Crippen LogP contribution in [0.25, 0.3) is 0 Å². The zero-order chi connectivity index (χ0) is 6.15. The van der Waals surface area contributed by atoms with Crippen LogP contribution in [0.2, 0.25) is 0 Å². The molecule has 0 radical (unpaired) electrons. The first-order valence-electron chi connectivity index (χ1n) is 2.92. The van der Waals surface area contributed by atoms with E-state index in [0.717, 1.165) is 6.54 Å². The maximum absolute atomic E-state index is 3.18. The number of hydrazine groups is 2. The Labute approximate surface area is 50.2 Å². The van der Waals surface area contributed by atoms with E-state index >= 15 is 0 Å². The molecule has 3 nitrogen and oxygen atoms in total. The molecule has 0 spiro atoms. The Bertz CT molecular complexity index is 73.7. The van der Waals surface area contributed by atoms with Gasteiger partial charge in [-0.05, 0) is 6.92 Å². The molecule has 0 aliphatic carbocycles. The maximum atomic E-state index is 3.18. The van der Waals surface area contributed by atoms with Gasteiger partial charge >= 0.3 is 0 Å². The number of likely N-dealkylation sites (N-methyl/N-ethyl adjacent to an activating group) is 1. The standard InChI is InChI=1S/C5H13N3/c1-5-4-6-8(3)7(5)2/h5-6H,4H2,1-3H3. The molecule has 1 fully saturated rings.